The van der Waals surface area contributed by atoms with E-state index in [9.17, 15) is 4.79 Å². The van der Waals surface area contributed by atoms with Gasteiger partial charge in [0.25, 0.3) is 0 Å². The molecule has 0 amide bonds. The van der Waals surface area contributed by atoms with Crippen LogP contribution in [-0.4, -0.2) is 13.1 Å². The molecule has 0 unspecified atom stereocenters. The highest BCUT2D eigenvalue weighted by molar-refractivity contribution is 7.22. The Morgan fingerprint density at radius 1 is 0.926 bits per heavy atom. The van der Waals surface area contributed by atoms with Gasteiger partial charge >= 0.3 is 5.97 Å². The zero-order valence-electron chi connectivity index (χ0n) is 16.7. The van der Waals surface area contributed by atoms with Crippen LogP contribution in [0.25, 0.3) is 20.5 Å². The fraction of sp³-hybridized carbons (Fsp3) is 0.375. The first-order valence-corrected chi connectivity index (χ1v) is 10.3. The number of hydrogen-bond acceptors (Lipinski definition) is 3. The molecule has 3 heteroatoms. The quantitative estimate of drug-likeness (QED) is 0.464. The molecular formula is C24H26O2S. The summed E-state index contributed by atoms with van der Waals surface area (Å²) in [7, 11) is 1.41. The lowest BCUT2D eigenvalue weighted by molar-refractivity contribution is 0.0601. The molecule has 4 rings (SSSR count). The highest BCUT2D eigenvalue weighted by atomic mass is 32.1. The molecule has 140 valence electrons. The van der Waals surface area contributed by atoms with Crippen molar-refractivity contribution in [2.24, 2.45) is 0 Å². The van der Waals surface area contributed by atoms with Crippen molar-refractivity contribution in [3.63, 3.8) is 0 Å². The van der Waals surface area contributed by atoms with Crippen LogP contribution in [0.2, 0.25) is 0 Å². The number of thiophene rings is 1. The highest BCUT2D eigenvalue weighted by Gasteiger charge is 2.37. The van der Waals surface area contributed by atoms with Crippen LogP contribution in [0.4, 0.5) is 0 Å². The normalized spacial score (nSPS) is 17.5. The number of esters is 1. The van der Waals surface area contributed by atoms with Crippen LogP contribution in [0, 0.1) is 0 Å². The Labute approximate surface area is 165 Å². The molecule has 1 aliphatic carbocycles. The standard InChI is InChI=1S/C24H26O2S/c1-23(2)10-11-24(3,4)19-14-21-17(12-18(19)23)13-20(27-21)15-6-8-16(9-7-15)22(25)26-5/h6-9,12-14H,10-11H2,1-5H3. The van der Waals surface area contributed by atoms with E-state index in [4.69, 9.17) is 4.74 Å². The van der Waals surface area contributed by atoms with Gasteiger partial charge in [0.1, 0.15) is 0 Å². The number of rotatable bonds is 2. The fourth-order valence-corrected chi connectivity index (χ4v) is 5.22. The largest absolute Gasteiger partial charge is 0.465 e. The number of ether oxygens (including phenoxy) is 1. The second-order valence-electron chi connectivity index (χ2n) is 8.88. The minimum Gasteiger partial charge on any atom is -0.465 e. The van der Waals surface area contributed by atoms with Gasteiger partial charge in [-0.1, -0.05) is 39.8 Å². The molecule has 1 aliphatic rings. The van der Waals surface area contributed by atoms with E-state index in [1.807, 2.05) is 35.6 Å². The summed E-state index contributed by atoms with van der Waals surface area (Å²) < 4.78 is 6.13. The number of hydrogen-bond donors (Lipinski definition) is 0. The molecule has 0 saturated heterocycles. The van der Waals surface area contributed by atoms with Gasteiger partial charge < -0.3 is 4.74 Å². The summed E-state index contributed by atoms with van der Waals surface area (Å²) in [5.41, 5.74) is 5.17. The molecule has 0 bridgehead atoms. The maximum atomic E-state index is 11.7. The molecule has 0 saturated carbocycles. The van der Waals surface area contributed by atoms with Crippen LogP contribution in [0.15, 0.2) is 42.5 Å². The Hall–Kier alpha value is -2.13. The third kappa shape index (κ3) is 3.08. The monoisotopic (exact) mass is 378 g/mol. The molecule has 0 aliphatic heterocycles. The summed E-state index contributed by atoms with van der Waals surface area (Å²) in [6.07, 6.45) is 2.45. The molecule has 1 heterocycles. The summed E-state index contributed by atoms with van der Waals surface area (Å²) in [6.45, 7) is 9.47. The Morgan fingerprint density at radius 3 is 2.11 bits per heavy atom. The van der Waals surface area contributed by atoms with Crippen LogP contribution >= 0.6 is 11.3 Å². The first kappa shape index (κ1) is 18.2. The van der Waals surface area contributed by atoms with E-state index in [2.05, 4.69) is 45.9 Å². The molecule has 0 radical (unpaired) electrons. The van der Waals surface area contributed by atoms with Crippen LogP contribution in [0.1, 0.15) is 62.0 Å². The predicted molar refractivity (Wildman–Crippen MR) is 114 cm³/mol. The molecule has 0 fully saturated rings. The lowest BCUT2D eigenvalue weighted by Gasteiger charge is -2.41. The highest BCUT2D eigenvalue weighted by Crippen LogP contribution is 2.48. The van der Waals surface area contributed by atoms with Crippen molar-refractivity contribution in [1.29, 1.82) is 0 Å². The number of methoxy groups -OCH3 is 1. The van der Waals surface area contributed by atoms with Gasteiger partial charge in [0.2, 0.25) is 0 Å². The molecule has 27 heavy (non-hydrogen) atoms. The zero-order valence-corrected chi connectivity index (χ0v) is 17.5. The van der Waals surface area contributed by atoms with Crippen LogP contribution in [0.5, 0.6) is 0 Å². The van der Waals surface area contributed by atoms with Gasteiger partial charge in [-0.15, -0.1) is 11.3 Å². The average molecular weight is 379 g/mol. The van der Waals surface area contributed by atoms with E-state index in [-0.39, 0.29) is 16.8 Å². The van der Waals surface area contributed by atoms with Crippen LogP contribution in [-0.2, 0) is 15.6 Å². The van der Waals surface area contributed by atoms with Crippen molar-refractivity contribution in [2.75, 3.05) is 7.11 Å². The molecular weight excluding hydrogens is 352 g/mol. The summed E-state index contributed by atoms with van der Waals surface area (Å²) >= 11 is 1.83. The molecule has 3 aromatic rings. The van der Waals surface area contributed by atoms with Crippen molar-refractivity contribution in [3.05, 3.63) is 59.2 Å². The number of benzene rings is 2. The van der Waals surface area contributed by atoms with Crippen LogP contribution < -0.4 is 0 Å². The van der Waals surface area contributed by atoms with E-state index in [0.29, 0.717) is 5.56 Å². The van der Waals surface area contributed by atoms with Gasteiger partial charge in [-0.05, 0) is 76.1 Å². The maximum Gasteiger partial charge on any atom is 0.337 e. The Morgan fingerprint density at radius 2 is 1.52 bits per heavy atom. The smallest absolute Gasteiger partial charge is 0.337 e. The lowest BCUT2D eigenvalue weighted by atomic mass is 9.63. The van der Waals surface area contributed by atoms with Gasteiger partial charge in [0.15, 0.2) is 0 Å². The Balaban J connectivity index is 1.80. The second kappa shape index (κ2) is 6.20. The first-order chi connectivity index (χ1) is 12.7. The number of fused-ring (bicyclic) bond motifs is 2. The first-order valence-electron chi connectivity index (χ1n) is 9.49. The SMILES string of the molecule is COC(=O)c1ccc(-c2cc3cc4c(cc3s2)C(C)(C)CCC4(C)C)cc1. The van der Waals surface area contributed by atoms with Crippen molar-refractivity contribution in [2.45, 2.75) is 51.4 Å². The van der Waals surface area contributed by atoms with E-state index >= 15 is 0 Å². The minimum atomic E-state index is -0.296. The predicted octanol–water partition coefficient (Wildman–Crippen LogP) is 6.70. The Kier molecular flexibility index (Phi) is 4.19. The van der Waals surface area contributed by atoms with E-state index in [1.54, 1.807) is 0 Å². The van der Waals surface area contributed by atoms with Crippen molar-refractivity contribution in [1.82, 2.24) is 0 Å². The minimum absolute atomic E-state index is 0.226. The maximum absolute atomic E-state index is 11.7. The van der Waals surface area contributed by atoms with E-state index < -0.39 is 0 Å². The molecule has 1 aromatic heterocycles. The number of carbonyl (C=O) groups excluding carboxylic acids is 1. The van der Waals surface area contributed by atoms with Gasteiger partial charge in [-0.25, -0.2) is 4.79 Å². The van der Waals surface area contributed by atoms with Gasteiger partial charge in [-0.3, -0.25) is 0 Å². The third-order valence-corrected chi connectivity index (χ3v) is 7.23. The number of carbonyl (C=O) groups is 1. The van der Waals surface area contributed by atoms with Gasteiger partial charge in [0, 0.05) is 9.58 Å². The van der Waals surface area contributed by atoms with E-state index in [0.717, 1.165) is 5.56 Å². The average Bonchev–Trinajstić information content (AvgIpc) is 3.07. The molecule has 2 nitrogen and oxygen atoms in total. The van der Waals surface area contributed by atoms with Crippen molar-refractivity contribution in [3.8, 4) is 10.4 Å². The fourth-order valence-electron chi connectivity index (χ4n) is 4.13. The molecule has 0 N–H and O–H groups in total. The van der Waals surface area contributed by atoms with E-state index in [1.165, 1.54) is 46.0 Å². The second-order valence-corrected chi connectivity index (χ2v) is 9.97. The zero-order chi connectivity index (χ0) is 19.4. The molecule has 0 spiro atoms. The van der Waals surface area contributed by atoms with Gasteiger partial charge in [-0.2, -0.15) is 0 Å². The van der Waals surface area contributed by atoms with Crippen LogP contribution in [0.3, 0.4) is 0 Å². The summed E-state index contributed by atoms with van der Waals surface area (Å²) in [6, 6.07) is 14.8. The lowest BCUT2D eigenvalue weighted by Crippen LogP contribution is -2.33. The third-order valence-electron chi connectivity index (χ3n) is 6.08. The summed E-state index contributed by atoms with van der Waals surface area (Å²) in [5, 5.41) is 1.32. The van der Waals surface area contributed by atoms with Crippen molar-refractivity contribution < 1.29 is 9.53 Å². The van der Waals surface area contributed by atoms with Gasteiger partial charge in [0.05, 0.1) is 12.7 Å². The summed E-state index contributed by atoms with van der Waals surface area (Å²) in [4.78, 5) is 12.9. The molecule has 0 atom stereocenters. The van der Waals surface area contributed by atoms with Crippen molar-refractivity contribution >= 4 is 27.4 Å². The Bertz CT molecular complexity index is 969. The summed E-state index contributed by atoms with van der Waals surface area (Å²) in [5.74, 6) is -0.296. The topological polar surface area (TPSA) is 26.3 Å². The molecule has 2 aromatic carbocycles.